The van der Waals surface area contributed by atoms with E-state index in [2.05, 4.69) is 15.2 Å². The highest BCUT2D eigenvalue weighted by molar-refractivity contribution is 6.01. The number of likely N-dealkylation sites (tertiary alicyclic amines) is 1. The lowest BCUT2D eigenvalue weighted by molar-refractivity contribution is -0.0502. The van der Waals surface area contributed by atoms with Crippen LogP contribution >= 0.6 is 0 Å². The zero-order valence-electron chi connectivity index (χ0n) is 21.9. The first-order valence-corrected chi connectivity index (χ1v) is 13.4. The van der Waals surface area contributed by atoms with Gasteiger partial charge in [-0.3, -0.25) is 9.20 Å². The molecular weight excluding hydrogens is 510 g/mol. The van der Waals surface area contributed by atoms with Crippen molar-refractivity contribution in [3.8, 4) is 28.5 Å². The standard InChI is InChI=1S/C28H34F2N4O5/c1-37-23-14-18(15-24(39-28(29)30)26(23)27(36)32-20-6-7-22(20)35)21-17-31-25-16-19(8-12-34(21)25)38-13-5-11-33-9-3-2-4-10-33/h8,12,14-17,20,22,28,35H,2-7,9-11,13H2,1H3,(H,32,36)/t20-,22-/m1/s1. The molecule has 0 radical (unpaired) electrons. The molecule has 0 bridgehead atoms. The lowest BCUT2D eigenvalue weighted by Gasteiger charge is -2.33. The number of carbonyl (C=O) groups is 1. The first-order valence-electron chi connectivity index (χ1n) is 13.4. The SMILES string of the molecule is COc1cc(-c2cnc3cc(OCCCN4CCCCC4)ccn23)cc(OC(F)F)c1C(=O)N[C@@H]1CC[C@H]1O. The molecule has 2 N–H and O–H groups in total. The van der Waals surface area contributed by atoms with Crippen molar-refractivity contribution in [3.63, 3.8) is 0 Å². The summed E-state index contributed by atoms with van der Waals surface area (Å²) in [6, 6.07) is 6.16. The fourth-order valence-corrected chi connectivity index (χ4v) is 5.13. The van der Waals surface area contributed by atoms with E-state index in [1.807, 2.05) is 12.1 Å². The molecule has 3 aromatic rings. The van der Waals surface area contributed by atoms with Crippen molar-refractivity contribution in [2.45, 2.75) is 57.3 Å². The van der Waals surface area contributed by atoms with Crippen molar-refractivity contribution in [2.24, 2.45) is 0 Å². The second kappa shape index (κ2) is 12.2. The number of amides is 1. The van der Waals surface area contributed by atoms with Gasteiger partial charge < -0.3 is 29.5 Å². The average molecular weight is 545 g/mol. The molecule has 2 aromatic heterocycles. The Labute approximate surface area is 225 Å². The van der Waals surface area contributed by atoms with Crippen LogP contribution in [-0.4, -0.2) is 77.4 Å². The number of ether oxygens (including phenoxy) is 3. The minimum Gasteiger partial charge on any atom is -0.496 e. The number of aromatic nitrogens is 2. The van der Waals surface area contributed by atoms with Crippen molar-refractivity contribution < 1.29 is 32.9 Å². The number of alkyl halides is 2. The van der Waals surface area contributed by atoms with Crippen molar-refractivity contribution in [1.82, 2.24) is 19.6 Å². The number of nitrogens with zero attached hydrogens (tertiary/aromatic N) is 3. The number of aliphatic hydroxyl groups excluding tert-OH is 1. The van der Waals surface area contributed by atoms with E-state index in [0.29, 0.717) is 42.1 Å². The van der Waals surface area contributed by atoms with Crippen LogP contribution in [0.5, 0.6) is 17.2 Å². The first-order chi connectivity index (χ1) is 18.9. The third-order valence-electron chi connectivity index (χ3n) is 7.40. The molecule has 1 saturated carbocycles. The number of hydrogen-bond donors (Lipinski definition) is 2. The summed E-state index contributed by atoms with van der Waals surface area (Å²) < 4.78 is 44.6. The van der Waals surface area contributed by atoms with Gasteiger partial charge in [0.1, 0.15) is 28.5 Å². The lowest BCUT2D eigenvalue weighted by Crippen LogP contribution is -2.50. The van der Waals surface area contributed by atoms with E-state index in [1.165, 1.54) is 32.4 Å². The van der Waals surface area contributed by atoms with Crippen molar-refractivity contribution in [1.29, 1.82) is 0 Å². The third kappa shape index (κ3) is 6.25. The summed E-state index contributed by atoms with van der Waals surface area (Å²) in [4.78, 5) is 19.9. The minimum atomic E-state index is -3.15. The van der Waals surface area contributed by atoms with E-state index in [1.54, 1.807) is 22.9 Å². The summed E-state index contributed by atoms with van der Waals surface area (Å²) in [5.74, 6) is -0.215. The van der Waals surface area contributed by atoms with Gasteiger partial charge in [0.25, 0.3) is 5.91 Å². The molecule has 9 nitrogen and oxygen atoms in total. The van der Waals surface area contributed by atoms with E-state index in [9.17, 15) is 18.7 Å². The van der Waals surface area contributed by atoms with Gasteiger partial charge >= 0.3 is 6.61 Å². The molecule has 0 spiro atoms. The number of benzene rings is 1. The van der Waals surface area contributed by atoms with Crippen LogP contribution in [0.15, 0.2) is 36.7 Å². The number of halogens is 2. The molecule has 1 aliphatic heterocycles. The Morgan fingerprint density at radius 1 is 1.18 bits per heavy atom. The molecule has 210 valence electrons. The summed E-state index contributed by atoms with van der Waals surface area (Å²) in [6.07, 6.45) is 8.71. The van der Waals surface area contributed by atoms with Crippen molar-refractivity contribution in [3.05, 3.63) is 42.2 Å². The Morgan fingerprint density at radius 3 is 2.67 bits per heavy atom. The second-order valence-corrected chi connectivity index (χ2v) is 9.99. The van der Waals surface area contributed by atoms with Gasteiger partial charge in [-0.2, -0.15) is 8.78 Å². The van der Waals surface area contributed by atoms with Crippen LogP contribution in [0.2, 0.25) is 0 Å². The highest BCUT2D eigenvalue weighted by atomic mass is 19.3. The summed E-state index contributed by atoms with van der Waals surface area (Å²) >= 11 is 0. The fraction of sp³-hybridized carbons (Fsp3) is 0.500. The number of hydrogen-bond acceptors (Lipinski definition) is 7. The molecule has 0 unspecified atom stereocenters. The summed E-state index contributed by atoms with van der Waals surface area (Å²) in [7, 11) is 1.35. The number of pyridine rings is 1. The quantitative estimate of drug-likeness (QED) is 0.351. The normalized spacial score (nSPS) is 19.6. The largest absolute Gasteiger partial charge is 0.496 e. The molecular formula is C28H34F2N4O5. The first kappa shape index (κ1) is 27.1. The number of rotatable bonds is 11. The summed E-state index contributed by atoms with van der Waals surface area (Å²) in [6.45, 7) is 0.797. The molecule has 39 heavy (non-hydrogen) atoms. The number of piperidine rings is 1. The predicted molar refractivity (Wildman–Crippen MR) is 141 cm³/mol. The smallest absolute Gasteiger partial charge is 0.387 e. The molecule has 1 saturated heterocycles. The van der Waals surface area contributed by atoms with Crippen LogP contribution in [0, 0.1) is 0 Å². The lowest BCUT2D eigenvalue weighted by atomic mass is 9.89. The van der Waals surface area contributed by atoms with Gasteiger partial charge in [0.2, 0.25) is 0 Å². The molecule has 2 fully saturated rings. The molecule has 1 aliphatic carbocycles. The Bertz CT molecular complexity index is 1290. The topological polar surface area (TPSA) is 97.6 Å². The highest BCUT2D eigenvalue weighted by Gasteiger charge is 2.32. The van der Waals surface area contributed by atoms with E-state index in [-0.39, 0.29) is 17.1 Å². The zero-order chi connectivity index (χ0) is 27.4. The maximum absolute atomic E-state index is 13.3. The molecule has 3 heterocycles. The Morgan fingerprint density at radius 2 is 1.97 bits per heavy atom. The second-order valence-electron chi connectivity index (χ2n) is 9.99. The van der Waals surface area contributed by atoms with Crippen LogP contribution in [0.4, 0.5) is 8.78 Å². The van der Waals surface area contributed by atoms with Gasteiger partial charge in [-0.25, -0.2) is 4.98 Å². The van der Waals surface area contributed by atoms with Crippen LogP contribution in [0.3, 0.4) is 0 Å². The summed E-state index contributed by atoms with van der Waals surface area (Å²) in [5, 5.41) is 12.5. The summed E-state index contributed by atoms with van der Waals surface area (Å²) in [5.41, 5.74) is 1.54. The molecule has 1 amide bonds. The van der Waals surface area contributed by atoms with Gasteiger partial charge in [-0.15, -0.1) is 0 Å². The molecule has 11 heteroatoms. The molecule has 2 aliphatic rings. The van der Waals surface area contributed by atoms with E-state index >= 15 is 0 Å². The van der Waals surface area contributed by atoms with E-state index in [0.717, 1.165) is 26.1 Å². The average Bonchev–Trinajstić information content (AvgIpc) is 3.36. The zero-order valence-corrected chi connectivity index (χ0v) is 21.9. The van der Waals surface area contributed by atoms with Crippen molar-refractivity contribution in [2.75, 3.05) is 33.4 Å². The van der Waals surface area contributed by atoms with Crippen LogP contribution in [0.1, 0.15) is 48.9 Å². The molecule has 1 aromatic carbocycles. The van der Waals surface area contributed by atoms with Gasteiger partial charge in [-0.1, -0.05) is 6.42 Å². The molecule has 5 rings (SSSR count). The number of imidazole rings is 1. The number of methoxy groups -OCH3 is 1. The van der Waals surface area contributed by atoms with Gasteiger partial charge in [0.15, 0.2) is 0 Å². The monoisotopic (exact) mass is 544 g/mol. The number of aliphatic hydroxyl groups is 1. The third-order valence-corrected chi connectivity index (χ3v) is 7.40. The Balaban J connectivity index is 1.35. The van der Waals surface area contributed by atoms with Crippen LogP contribution in [-0.2, 0) is 0 Å². The number of carbonyl (C=O) groups excluding carboxylic acids is 1. The number of fused-ring (bicyclic) bond motifs is 1. The van der Waals surface area contributed by atoms with Gasteiger partial charge in [0.05, 0.1) is 37.8 Å². The van der Waals surface area contributed by atoms with Crippen molar-refractivity contribution >= 4 is 11.6 Å². The molecule has 2 atom stereocenters. The fourth-order valence-electron chi connectivity index (χ4n) is 5.13. The van der Waals surface area contributed by atoms with Gasteiger partial charge in [-0.05, 0) is 63.4 Å². The predicted octanol–water partition coefficient (Wildman–Crippen LogP) is 4.12. The van der Waals surface area contributed by atoms with Crippen LogP contribution in [0.25, 0.3) is 16.9 Å². The maximum atomic E-state index is 13.3. The van der Waals surface area contributed by atoms with Crippen LogP contribution < -0.4 is 19.5 Å². The van der Waals surface area contributed by atoms with E-state index in [4.69, 9.17) is 14.2 Å². The van der Waals surface area contributed by atoms with E-state index < -0.39 is 24.7 Å². The highest BCUT2D eigenvalue weighted by Crippen LogP contribution is 2.37. The minimum absolute atomic E-state index is 0.0677. The number of nitrogens with one attached hydrogen (secondary N) is 1. The maximum Gasteiger partial charge on any atom is 0.387 e. The van der Waals surface area contributed by atoms with Gasteiger partial charge in [0, 0.05) is 24.4 Å². The Kier molecular flexibility index (Phi) is 8.47. The Hall–Kier alpha value is -3.44.